The van der Waals surface area contributed by atoms with Gasteiger partial charge in [-0.2, -0.15) is 13.2 Å². The van der Waals surface area contributed by atoms with Gasteiger partial charge in [0.25, 0.3) is 0 Å². The first-order chi connectivity index (χ1) is 18.4. The molecule has 3 aromatic carbocycles. The van der Waals surface area contributed by atoms with Crippen molar-refractivity contribution < 1.29 is 22.3 Å². The van der Waals surface area contributed by atoms with Gasteiger partial charge in [-0.05, 0) is 24.3 Å². The number of rotatable bonds is 8. The van der Waals surface area contributed by atoms with E-state index in [1.54, 1.807) is 11.7 Å². The van der Waals surface area contributed by atoms with Gasteiger partial charge in [-0.1, -0.05) is 66.4 Å². The third-order valence-electron chi connectivity index (χ3n) is 6.03. The molecule has 0 N–H and O–H groups in total. The van der Waals surface area contributed by atoms with Crippen LogP contribution in [0.25, 0.3) is 33.5 Å². The number of benzene rings is 3. The molecule has 0 aliphatic rings. The van der Waals surface area contributed by atoms with Crippen molar-refractivity contribution in [2.75, 3.05) is 13.7 Å². The van der Waals surface area contributed by atoms with Crippen molar-refractivity contribution in [2.24, 2.45) is 0 Å². The number of ether oxygens (including phenoxy) is 1. The van der Waals surface area contributed by atoms with E-state index in [1.807, 2.05) is 60.7 Å². The van der Waals surface area contributed by atoms with E-state index in [0.717, 1.165) is 57.7 Å². The molecule has 0 amide bonds. The molecule has 0 radical (unpaired) electrons. The van der Waals surface area contributed by atoms with Crippen molar-refractivity contribution in [3.8, 4) is 22.6 Å². The van der Waals surface area contributed by atoms with E-state index < -0.39 is 23.1 Å². The second-order valence-corrected chi connectivity index (χ2v) is 9.38. The predicted molar refractivity (Wildman–Crippen MR) is 139 cm³/mol. The summed E-state index contributed by atoms with van der Waals surface area (Å²) in [5, 5.41) is 9.92. The minimum Gasteiger partial charge on any atom is -0.383 e. The predicted octanol–water partition coefficient (Wildman–Crippen LogP) is 7.26. The molecule has 38 heavy (non-hydrogen) atoms. The number of hydrogen-bond donors (Lipinski definition) is 0. The van der Waals surface area contributed by atoms with E-state index in [1.165, 1.54) is 0 Å². The lowest BCUT2D eigenvalue weighted by Gasteiger charge is -2.15. The number of para-hydroxylation sites is 1. The minimum atomic E-state index is -4.67. The van der Waals surface area contributed by atoms with Crippen LogP contribution in [0.5, 0.6) is 0 Å². The SMILES string of the molecule is COCCn1c(SCc2c(F)cccc2C(F)(F)F)nnc1-c1cc(-c2ccccc2)nc2ccccc12. The van der Waals surface area contributed by atoms with Crippen molar-refractivity contribution in [2.45, 2.75) is 23.6 Å². The maximum absolute atomic E-state index is 14.5. The summed E-state index contributed by atoms with van der Waals surface area (Å²) in [6.07, 6.45) is -4.67. The quantitative estimate of drug-likeness (QED) is 0.154. The molecule has 5 rings (SSSR count). The third kappa shape index (κ3) is 5.27. The molecule has 2 aromatic heterocycles. The Balaban J connectivity index is 1.59. The molecule has 0 aliphatic carbocycles. The number of nitrogens with zero attached hydrogens (tertiary/aromatic N) is 4. The highest BCUT2D eigenvalue weighted by Crippen LogP contribution is 2.37. The topological polar surface area (TPSA) is 52.8 Å². The first-order valence-electron chi connectivity index (χ1n) is 11.7. The van der Waals surface area contributed by atoms with Crippen LogP contribution in [0.15, 0.2) is 84.0 Å². The Hall–Kier alpha value is -3.76. The first kappa shape index (κ1) is 25.9. The highest BCUT2D eigenvalue weighted by molar-refractivity contribution is 7.98. The summed E-state index contributed by atoms with van der Waals surface area (Å²) < 4.78 is 62.1. The van der Waals surface area contributed by atoms with Crippen molar-refractivity contribution in [3.63, 3.8) is 0 Å². The van der Waals surface area contributed by atoms with E-state index >= 15 is 0 Å². The zero-order chi connectivity index (χ0) is 26.7. The molecule has 5 aromatic rings. The molecular weight excluding hydrogens is 516 g/mol. The molecule has 0 saturated carbocycles. The Kier molecular flexibility index (Phi) is 7.44. The summed E-state index contributed by atoms with van der Waals surface area (Å²) in [5.74, 6) is -0.660. The molecule has 0 saturated heterocycles. The zero-order valence-electron chi connectivity index (χ0n) is 20.2. The molecule has 0 bridgehead atoms. The number of halogens is 4. The number of aromatic nitrogens is 4. The Morgan fingerprint density at radius 2 is 1.68 bits per heavy atom. The molecule has 2 heterocycles. The van der Waals surface area contributed by atoms with Crippen molar-refractivity contribution in [3.05, 3.63) is 95.8 Å². The summed E-state index contributed by atoms with van der Waals surface area (Å²) >= 11 is 0.995. The van der Waals surface area contributed by atoms with Crippen LogP contribution in [0.1, 0.15) is 11.1 Å². The second kappa shape index (κ2) is 10.9. The van der Waals surface area contributed by atoms with Crippen LogP contribution in [0, 0.1) is 5.82 Å². The summed E-state index contributed by atoms with van der Waals surface area (Å²) in [6, 6.07) is 22.3. The highest BCUT2D eigenvalue weighted by Gasteiger charge is 2.34. The largest absolute Gasteiger partial charge is 0.416 e. The van der Waals surface area contributed by atoms with Gasteiger partial charge in [0.15, 0.2) is 11.0 Å². The van der Waals surface area contributed by atoms with E-state index in [9.17, 15) is 17.6 Å². The fraction of sp³-hybridized carbons (Fsp3) is 0.179. The lowest BCUT2D eigenvalue weighted by Crippen LogP contribution is -2.11. The number of alkyl halides is 3. The number of fused-ring (bicyclic) bond motifs is 1. The smallest absolute Gasteiger partial charge is 0.383 e. The Labute approximate surface area is 220 Å². The monoisotopic (exact) mass is 538 g/mol. The first-order valence-corrected chi connectivity index (χ1v) is 12.7. The average Bonchev–Trinajstić information content (AvgIpc) is 3.32. The Morgan fingerprint density at radius 3 is 2.45 bits per heavy atom. The summed E-state index contributed by atoms with van der Waals surface area (Å²) in [4.78, 5) is 4.81. The molecule has 5 nitrogen and oxygen atoms in total. The van der Waals surface area contributed by atoms with Gasteiger partial charge in [0, 0.05) is 34.9 Å². The van der Waals surface area contributed by atoms with E-state index in [-0.39, 0.29) is 5.75 Å². The van der Waals surface area contributed by atoms with E-state index in [4.69, 9.17) is 9.72 Å². The molecular formula is C28H22F4N4OS. The molecule has 0 spiro atoms. The lowest BCUT2D eigenvalue weighted by molar-refractivity contribution is -0.138. The standard InChI is InChI=1S/C28H22F4N4OS/c1-37-15-14-36-26(34-35-27(36)38-17-21-22(28(30,31)32)11-7-12-23(21)29)20-16-25(18-8-3-2-4-9-18)33-24-13-6-5-10-19(20)24/h2-13,16H,14-15,17H2,1H3. The van der Waals surface area contributed by atoms with Crippen molar-refractivity contribution >= 4 is 22.7 Å². The normalized spacial score (nSPS) is 11.8. The van der Waals surface area contributed by atoms with Crippen LogP contribution < -0.4 is 0 Å². The van der Waals surface area contributed by atoms with Gasteiger partial charge < -0.3 is 4.74 Å². The van der Waals surface area contributed by atoms with Crippen LogP contribution in [0.3, 0.4) is 0 Å². The van der Waals surface area contributed by atoms with Gasteiger partial charge in [-0.15, -0.1) is 10.2 Å². The maximum Gasteiger partial charge on any atom is 0.416 e. The fourth-order valence-electron chi connectivity index (χ4n) is 4.20. The summed E-state index contributed by atoms with van der Waals surface area (Å²) in [6.45, 7) is 0.669. The Bertz CT molecular complexity index is 1570. The van der Waals surface area contributed by atoms with Crippen LogP contribution in [-0.4, -0.2) is 33.5 Å². The van der Waals surface area contributed by atoms with Gasteiger partial charge in [0.05, 0.1) is 29.9 Å². The molecule has 0 aliphatic heterocycles. The molecule has 0 atom stereocenters. The van der Waals surface area contributed by atoms with Gasteiger partial charge in [0.2, 0.25) is 0 Å². The molecule has 194 valence electrons. The van der Waals surface area contributed by atoms with Gasteiger partial charge in [-0.3, -0.25) is 4.57 Å². The summed E-state index contributed by atoms with van der Waals surface area (Å²) in [7, 11) is 1.56. The zero-order valence-corrected chi connectivity index (χ0v) is 21.1. The van der Waals surface area contributed by atoms with Crippen molar-refractivity contribution in [1.82, 2.24) is 19.7 Å². The third-order valence-corrected chi connectivity index (χ3v) is 7.03. The van der Waals surface area contributed by atoms with Crippen LogP contribution in [-0.2, 0) is 23.2 Å². The lowest BCUT2D eigenvalue weighted by atomic mass is 10.0. The van der Waals surface area contributed by atoms with Gasteiger partial charge >= 0.3 is 6.18 Å². The fourth-order valence-corrected chi connectivity index (χ4v) is 5.20. The van der Waals surface area contributed by atoms with Crippen LogP contribution in [0.4, 0.5) is 17.6 Å². The van der Waals surface area contributed by atoms with Gasteiger partial charge in [-0.25, -0.2) is 9.37 Å². The van der Waals surface area contributed by atoms with Crippen molar-refractivity contribution in [1.29, 1.82) is 0 Å². The van der Waals surface area contributed by atoms with E-state index in [2.05, 4.69) is 10.2 Å². The highest BCUT2D eigenvalue weighted by atomic mass is 32.2. The maximum atomic E-state index is 14.5. The minimum absolute atomic E-state index is 0.265. The number of thioether (sulfide) groups is 1. The second-order valence-electron chi connectivity index (χ2n) is 8.44. The number of pyridine rings is 1. The van der Waals surface area contributed by atoms with Crippen LogP contribution >= 0.6 is 11.8 Å². The number of methoxy groups -OCH3 is 1. The average molecular weight is 539 g/mol. The number of hydrogen-bond acceptors (Lipinski definition) is 5. The van der Waals surface area contributed by atoms with Crippen LogP contribution in [0.2, 0.25) is 0 Å². The van der Waals surface area contributed by atoms with E-state index in [0.29, 0.717) is 24.1 Å². The molecule has 0 unspecified atom stereocenters. The van der Waals surface area contributed by atoms with Gasteiger partial charge in [0.1, 0.15) is 5.82 Å². The Morgan fingerprint density at radius 1 is 0.921 bits per heavy atom. The molecule has 0 fully saturated rings. The molecule has 10 heteroatoms. The summed E-state index contributed by atoms with van der Waals surface area (Å²) in [5.41, 5.74) is 1.79.